The molecule has 2 N–H and O–H groups in total. The molecule has 0 bridgehead atoms. The van der Waals surface area contributed by atoms with E-state index in [1.807, 2.05) is 18.0 Å². The third-order valence-corrected chi connectivity index (χ3v) is 3.78. The summed E-state index contributed by atoms with van der Waals surface area (Å²) in [6, 6.07) is 12.8. The topological polar surface area (TPSA) is 38.9 Å². The molecule has 2 nitrogen and oxygen atoms in total. The Labute approximate surface area is 113 Å². The number of aryl methyl sites for hydroxylation is 1. The van der Waals surface area contributed by atoms with E-state index in [4.69, 9.17) is 5.73 Å². The molecule has 2 rings (SSSR count). The molecule has 94 valence electrons. The fourth-order valence-corrected chi connectivity index (χ4v) is 2.75. The zero-order chi connectivity index (χ0) is 12.8. The third-order valence-electron chi connectivity index (χ3n) is 2.71. The minimum atomic E-state index is 0.510. The lowest BCUT2D eigenvalue weighted by molar-refractivity contribution is 0.983. The van der Waals surface area contributed by atoms with Gasteiger partial charge < -0.3 is 5.73 Å². The van der Waals surface area contributed by atoms with Gasteiger partial charge in [-0.1, -0.05) is 29.8 Å². The molecule has 2 aromatic rings. The van der Waals surface area contributed by atoms with Crippen LogP contribution < -0.4 is 5.73 Å². The Kier molecular flexibility index (Phi) is 4.79. The molecule has 0 aliphatic carbocycles. The summed E-state index contributed by atoms with van der Waals surface area (Å²) in [5.74, 6) is 2.05. The van der Waals surface area contributed by atoms with Crippen molar-refractivity contribution in [3.05, 3.63) is 65.0 Å². The summed E-state index contributed by atoms with van der Waals surface area (Å²) in [5.41, 5.74) is 10.5. The van der Waals surface area contributed by atoms with Gasteiger partial charge in [-0.05, 0) is 30.2 Å². The van der Waals surface area contributed by atoms with E-state index in [1.165, 1.54) is 16.7 Å². The predicted octanol–water partition coefficient (Wildman–Crippen LogP) is 3.28. The van der Waals surface area contributed by atoms with Gasteiger partial charge >= 0.3 is 0 Å². The van der Waals surface area contributed by atoms with E-state index in [2.05, 4.69) is 48.3 Å². The monoisotopic (exact) mass is 258 g/mol. The van der Waals surface area contributed by atoms with Crippen molar-refractivity contribution in [1.82, 2.24) is 4.98 Å². The number of rotatable bonds is 5. The van der Waals surface area contributed by atoms with Gasteiger partial charge in [-0.15, -0.1) is 0 Å². The van der Waals surface area contributed by atoms with Crippen LogP contribution in [0.4, 0.5) is 0 Å². The first-order valence-electron chi connectivity index (χ1n) is 6.05. The largest absolute Gasteiger partial charge is 0.325 e. The van der Waals surface area contributed by atoms with Gasteiger partial charge in [0, 0.05) is 24.2 Å². The first kappa shape index (κ1) is 13.1. The lowest BCUT2D eigenvalue weighted by atomic mass is 10.2. The lowest BCUT2D eigenvalue weighted by Crippen LogP contribution is -1.99. The smallest absolute Gasteiger partial charge is 0.0542 e. The first-order chi connectivity index (χ1) is 8.78. The number of thioether (sulfide) groups is 1. The van der Waals surface area contributed by atoms with Gasteiger partial charge in [0.2, 0.25) is 0 Å². The van der Waals surface area contributed by atoms with Crippen molar-refractivity contribution >= 4 is 11.8 Å². The molecule has 0 spiro atoms. The minimum absolute atomic E-state index is 0.510. The highest BCUT2D eigenvalue weighted by Gasteiger charge is 1.98. The highest BCUT2D eigenvalue weighted by atomic mass is 32.2. The molecule has 18 heavy (non-hydrogen) atoms. The number of hydrogen-bond donors (Lipinski definition) is 1. The molecule has 1 aromatic heterocycles. The van der Waals surface area contributed by atoms with Crippen LogP contribution in [0.15, 0.2) is 42.6 Å². The van der Waals surface area contributed by atoms with Crippen molar-refractivity contribution in [2.75, 3.05) is 0 Å². The SMILES string of the molecule is Cc1cccc(CSCc2ccnc(CN)c2)c1. The van der Waals surface area contributed by atoms with Gasteiger partial charge in [0.05, 0.1) is 5.69 Å². The van der Waals surface area contributed by atoms with Crippen molar-refractivity contribution < 1.29 is 0 Å². The van der Waals surface area contributed by atoms with Crippen LogP contribution in [-0.2, 0) is 18.1 Å². The van der Waals surface area contributed by atoms with Crippen molar-refractivity contribution in [1.29, 1.82) is 0 Å². The van der Waals surface area contributed by atoms with Crippen LogP contribution >= 0.6 is 11.8 Å². The normalized spacial score (nSPS) is 10.6. The number of benzene rings is 1. The fraction of sp³-hybridized carbons (Fsp3) is 0.267. The highest BCUT2D eigenvalue weighted by molar-refractivity contribution is 7.97. The fourth-order valence-electron chi connectivity index (χ4n) is 1.82. The standard InChI is InChI=1S/C15H18N2S/c1-12-3-2-4-13(7-12)10-18-11-14-5-6-17-15(8-14)9-16/h2-8H,9-11,16H2,1H3. The second-order valence-electron chi connectivity index (χ2n) is 4.34. The zero-order valence-corrected chi connectivity index (χ0v) is 11.4. The van der Waals surface area contributed by atoms with Crippen molar-refractivity contribution in [3.63, 3.8) is 0 Å². The molecule has 0 fully saturated rings. The molecule has 0 unspecified atom stereocenters. The van der Waals surface area contributed by atoms with Gasteiger partial charge in [-0.25, -0.2) is 0 Å². The summed E-state index contributed by atoms with van der Waals surface area (Å²) in [5, 5.41) is 0. The summed E-state index contributed by atoms with van der Waals surface area (Å²) in [6.45, 7) is 2.64. The van der Waals surface area contributed by atoms with E-state index in [1.54, 1.807) is 0 Å². The lowest BCUT2D eigenvalue weighted by Gasteiger charge is -2.04. The molecule has 0 radical (unpaired) electrons. The van der Waals surface area contributed by atoms with Crippen molar-refractivity contribution in [2.45, 2.75) is 25.0 Å². The maximum absolute atomic E-state index is 5.59. The predicted molar refractivity (Wildman–Crippen MR) is 78.3 cm³/mol. The Morgan fingerprint density at radius 2 is 1.89 bits per heavy atom. The van der Waals surface area contributed by atoms with Crippen LogP contribution in [0.25, 0.3) is 0 Å². The van der Waals surface area contributed by atoms with Crippen molar-refractivity contribution in [2.24, 2.45) is 5.73 Å². The van der Waals surface area contributed by atoms with Gasteiger partial charge in [0.1, 0.15) is 0 Å². The van der Waals surface area contributed by atoms with E-state index < -0.39 is 0 Å². The molecule has 1 aromatic carbocycles. The highest BCUT2D eigenvalue weighted by Crippen LogP contribution is 2.18. The summed E-state index contributed by atoms with van der Waals surface area (Å²) in [4.78, 5) is 4.20. The number of nitrogens with two attached hydrogens (primary N) is 1. The summed E-state index contributed by atoms with van der Waals surface area (Å²) in [7, 11) is 0. The molecule has 3 heteroatoms. The maximum atomic E-state index is 5.59. The quantitative estimate of drug-likeness (QED) is 0.894. The molecular formula is C15H18N2S. The molecule has 0 amide bonds. The maximum Gasteiger partial charge on any atom is 0.0542 e. The summed E-state index contributed by atoms with van der Waals surface area (Å²) >= 11 is 1.92. The molecule has 0 atom stereocenters. The number of hydrogen-bond acceptors (Lipinski definition) is 3. The molecule has 0 saturated heterocycles. The molecule has 1 heterocycles. The van der Waals surface area contributed by atoms with E-state index in [-0.39, 0.29) is 0 Å². The van der Waals surface area contributed by atoms with Gasteiger partial charge in [-0.3, -0.25) is 4.98 Å². The second-order valence-corrected chi connectivity index (χ2v) is 5.33. The third kappa shape index (κ3) is 3.86. The minimum Gasteiger partial charge on any atom is -0.325 e. The van der Waals surface area contributed by atoms with Crippen LogP contribution in [0.1, 0.15) is 22.4 Å². The average Bonchev–Trinajstić information content (AvgIpc) is 2.39. The van der Waals surface area contributed by atoms with E-state index >= 15 is 0 Å². The number of pyridine rings is 1. The van der Waals surface area contributed by atoms with Crippen LogP contribution in [0.5, 0.6) is 0 Å². The van der Waals surface area contributed by atoms with Crippen LogP contribution in [0, 0.1) is 6.92 Å². The van der Waals surface area contributed by atoms with Gasteiger partial charge in [-0.2, -0.15) is 11.8 Å². The second kappa shape index (κ2) is 6.57. The van der Waals surface area contributed by atoms with Gasteiger partial charge in [0.15, 0.2) is 0 Å². The van der Waals surface area contributed by atoms with Crippen LogP contribution in [0.3, 0.4) is 0 Å². The van der Waals surface area contributed by atoms with Crippen LogP contribution in [0.2, 0.25) is 0 Å². The number of nitrogens with zero attached hydrogens (tertiary/aromatic N) is 1. The summed E-state index contributed by atoms with van der Waals surface area (Å²) < 4.78 is 0. The first-order valence-corrected chi connectivity index (χ1v) is 7.20. The Hall–Kier alpha value is -1.32. The summed E-state index contributed by atoms with van der Waals surface area (Å²) in [6.07, 6.45) is 1.84. The van der Waals surface area contributed by atoms with Crippen LogP contribution in [-0.4, -0.2) is 4.98 Å². The van der Waals surface area contributed by atoms with Gasteiger partial charge in [0.25, 0.3) is 0 Å². The zero-order valence-electron chi connectivity index (χ0n) is 10.6. The Bertz CT molecular complexity index is 511. The number of aromatic nitrogens is 1. The van der Waals surface area contributed by atoms with E-state index in [0.717, 1.165) is 17.2 Å². The Balaban J connectivity index is 1.88. The average molecular weight is 258 g/mol. The molecule has 0 aliphatic heterocycles. The van der Waals surface area contributed by atoms with E-state index in [0.29, 0.717) is 6.54 Å². The molecule has 0 aliphatic rings. The Morgan fingerprint density at radius 3 is 2.61 bits per heavy atom. The Morgan fingerprint density at radius 1 is 1.11 bits per heavy atom. The van der Waals surface area contributed by atoms with E-state index in [9.17, 15) is 0 Å². The van der Waals surface area contributed by atoms with Crippen molar-refractivity contribution in [3.8, 4) is 0 Å². The molecule has 0 saturated carbocycles. The molecular weight excluding hydrogens is 240 g/mol.